The van der Waals surface area contributed by atoms with Gasteiger partial charge in [-0.05, 0) is 19.8 Å². The fraction of sp³-hybridized carbons (Fsp3) is 0.667. The van der Waals surface area contributed by atoms with E-state index in [0.717, 1.165) is 31.0 Å². The summed E-state index contributed by atoms with van der Waals surface area (Å²) in [5, 5.41) is 0.856. The normalized spacial score (nSPS) is 23.8. The molecular formula is C9H18N4O5S. The SMILES string of the molecule is CC1=CC(N2CCCC2)=NC(N)N1OS(=O)(=O)O.O. The number of nitrogens with two attached hydrogens (primary N) is 1. The highest BCUT2D eigenvalue weighted by Gasteiger charge is 2.27. The zero-order chi connectivity index (χ0) is 13.3. The van der Waals surface area contributed by atoms with Crippen molar-refractivity contribution in [2.75, 3.05) is 13.1 Å². The molecule has 2 rings (SSSR count). The molecule has 10 heteroatoms. The van der Waals surface area contributed by atoms with E-state index >= 15 is 0 Å². The van der Waals surface area contributed by atoms with Gasteiger partial charge in [0.15, 0.2) is 0 Å². The van der Waals surface area contributed by atoms with Gasteiger partial charge in [-0.3, -0.25) is 10.3 Å². The fourth-order valence-electron chi connectivity index (χ4n) is 2.01. The Hall–Kier alpha value is -1.20. The van der Waals surface area contributed by atoms with Gasteiger partial charge in [0.1, 0.15) is 5.84 Å². The molecule has 1 unspecified atom stereocenters. The lowest BCUT2D eigenvalue weighted by molar-refractivity contribution is -0.0613. The maximum absolute atomic E-state index is 10.7. The molecule has 0 aromatic rings. The van der Waals surface area contributed by atoms with Crippen molar-refractivity contribution in [2.45, 2.75) is 26.1 Å². The zero-order valence-corrected chi connectivity index (χ0v) is 11.3. The second-order valence-corrected chi connectivity index (χ2v) is 5.21. The van der Waals surface area contributed by atoms with Crippen molar-refractivity contribution in [3.05, 3.63) is 11.8 Å². The summed E-state index contributed by atoms with van der Waals surface area (Å²) in [6.07, 6.45) is 2.89. The standard InChI is InChI=1S/C9H16N4O4S.H2O/c1-7-6-8(12-4-2-3-5-12)11-9(10)13(7)17-18(14,15)16;/h6,9H,2-5,10H2,1H3,(H,14,15,16);1H2. The van der Waals surface area contributed by atoms with Gasteiger partial charge in [-0.15, -0.1) is 4.28 Å². The number of hydroxylamine groups is 2. The van der Waals surface area contributed by atoms with E-state index in [9.17, 15) is 8.42 Å². The van der Waals surface area contributed by atoms with E-state index in [-0.39, 0.29) is 5.48 Å². The third-order valence-corrected chi connectivity index (χ3v) is 3.14. The first-order valence-electron chi connectivity index (χ1n) is 5.60. The molecule has 1 saturated heterocycles. The first-order valence-corrected chi connectivity index (χ1v) is 6.96. The lowest BCUT2D eigenvalue weighted by Gasteiger charge is -2.31. The molecule has 0 radical (unpaired) electrons. The molecule has 19 heavy (non-hydrogen) atoms. The van der Waals surface area contributed by atoms with Crippen molar-refractivity contribution in [3.63, 3.8) is 0 Å². The molecule has 0 aliphatic carbocycles. The summed E-state index contributed by atoms with van der Waals surface area (Å²) in [5.74, 6) is 0.715. The van der Waals surface area contributed by atoms with Gasteiger partial charge in [0.2, 0.25) is 6.29 Å². The summed E-state index contributed by atoms with van der Waals surface area (Å²) < 4.78 is 34.4. The predicted octanol–water partition coefficient (Wildman–Crippen LogP) is -1.15. The maximum Gasteiger partial charge on any atom is 0.418 e. The summed E-state index contributed by atoms with van der Waals surface area (Å²) in [4.78, 5) is 6.23. The average Bonchev–Trinajstić information content (AvgIpc) is 2.75. The second kappa shape index (κ2) is 5.84. The first-order chi connectivity index (χ1) is 8.37. The van der Waals surface area contributed by atoms with Crippen LogP contribution in [0.2, 0.25) is 0 Å². The maximum atomic E-state index is 10.7. The number of amidine groups is 1. The van der Waals surface area contributed by atoms with Crippen LogP contribution in [0.1, 0.15) is 19.8 Å². The summed E-state index contributed by atoms with van der Waals surface area (Å²) in [5.41, 5.74) is 6.17. The van der Waals surface area contributed by atoms with E-state index in [1.54, 1.807) is 13.0 Å². The van der Waals surface area contributed by atoms with Gasteiger partial charge in [0.05, 0.1) is 0 Å². The van der Waals surface area contributed by atoms with Crippen molar-refractivity contribution < 1.29 is 22.7 Å². The van der Waals surface area contributed by atoms with Crippen LogP contribution >= 0.6 is 0 Å². The summed E-state index contributed by atoms with van der Waals surface area (Å²) in [6.45, 7) is 3.46. The summed E-state index contributed by atoms with van der Waals surface area (Å²) >= 11 is 0. The van der Waals surface area contributed by atoms with Crippen LogP contribution in [-0.2, 0) is 14.7 Å². The molecule has 9 nitrogen and oxygen atoms in total. The minimum absolute atomic E-state index is 0. The Morgan fingerprint density at radius 3 is 2.53 bits per heavy atom. The molecule has 5 N–H and O–H groups in total. The van der Waals surface area contributed by atoms with E-state index in [4.69, 9.17) is 10.3 Å². The Labute approximate surface area is 111 Å². The Kier molecular flexibility index (Phi) is 4.87. The van der Waals surface area contributed by atoms with Crippen LogP contribution in [0.15, 0.2) is 16.8 Å². The van der Waals surface area contributed by atoms with Crippen molar-refractivity contribution >= 4 is 16.2 Å². The highest BCUT2D eigenvalue weighted by Crippen LogP contribution is 2.19. The highest BCUT2D eigenvalue weighted by atomic mass is 32.3. The quantitative estimate of drug-likeness (QED) is 0.613. The highest BCUT2D eigenvalue weighted by molar-refractivity contribution is 7.80. The number of aliphatic imine (C=N–C) groups is 1. The van der Waals surface area contributed by atoms with Crippen molar-refractivity contribution in [1.82, 2.24) is 9.96 Å². The van der Waals surface area contributed by atoms with Crippen LogP contribution in [0, 0.1) is 0 Å². The average molecular weight is 294 g/mol. The number of likely N-dealkylation sites (tertiary alicyclic amines) is 1. The van der Waals surface area contributed by atoms with Crippen LogP contribution in [0.5, 0.6) is 0 Å². The molecule has 1 atom stereocenters. The number of rotatable bonds is 2. The van der Waals surface area contributed by atoms with Crippen LogP contribution in [0.25, 0.3) is 0 Å². The van der Waals surface area contributed by atoms with Crippen LogP contribution in [0.3, 0.4) is 0 Å². The molecule has 0 saturated carbocycles. The second-order valence-electron chi connectivity index (χ2n) is 4.21. The van der Waals surface area contributed by atoms with Crippen molar-refractivity contribution in [2.24, 2.45) is 10.7 Å². The van der Waals surface area contributed by atoms with Gasteiger partial charge in [-0.1, -0.05) is 0 Å². The number of hydrogen-bond donors (Lipinski definition) is 2. The van der Waals surface area contributed by atoms with E-state index < -0.39 is 16.7 Å². The molecule has 2 aliphatic rings. The third kappa shape index (κ3) is 3.88. The summed E-state index contributed by atoms with van der Waals surface area (Å²) in [7, 11) is -4.60. The minimum atomic E-state index is -4.60. The largest absolute Gasteiger partial charge is 0.418 e. The molecule has 2 aliphatic heterocycles. The number of allylic oxidation sites excluding steroid dienone is 1. The molecule has 0 bridgehead atoms. The lowest BCUT2D eigenvalue weighted by atomic mass is 10.3. The number of hydrogen-bond acceptors (Lipinski definition) is 7. The van der Waals surface area contributed by atoms with E-state index in [1.165, 1.54) is 0 Å². The van der Waals surface area contributed by atoms with Crippen molar-refractivity contribution in [1.29, 1.82) is 0 Å². The molecule has 0 aromatic heterocycles. The molecule has 0 amide bonds. The Balaban J connectivity index is 0.00000180. The van der Waals surface area contributed by atoms with Gasteiger partial charge >= 0.3 is 10.4 Å². The monoisotopic (exact) mass is 294 g/mol. The molecule has 2 heterocycles. The fourth-order valence-corrected chi connectivity index (χ4v) is 2.42. The molecular weight excluding hydrogens is 276 g/mol. The van der Waals surface area contributed by atoms with E-state index in [0.29, 0.717) is 11.5 Å². The van der Waals surface area contributed by atoms with E-state index in [2.05, 4.69) is 14.2 Å². The Bertz CT molecular complexity index is 483. The predicted molar refractivity (Wildman–Crippen MR) is 68.1 cm³/mol. The summed E-state index contributed by atoms with van der Waals surface area (Å²) in [6, 6.07) is 0. The minimum Gasteiger partial charge on any atom is -0.412 e. The third-order valence-electron chi connectivity index (χ3n) is 2.79. The van der Waals surface area contributed by atoms with Crippen LogP contribution < -0.4 is 5.73 Å². The topological polar surface area (TPSA) is 140 Å². The zero-order valence-electron chi connectivity index (χ0n) is 10.5. The first kappa shape index (κ1) is 15.9. The molecule has 0 spiro atoms. The smallest absolute Gasteiger partial charge is 0.412 e. The molecule has 110 valence electrons. The van der Waals surface area contributed by atoms with Crippen LogP contribution in [0.4, 0.5) is 0 Å². The van der Waals surface area contributed by atoms with Gasteiger partial charge < -0.3 is 10.4 Å². The van der Waals surface area contributed by atoms with Crippen LogP contribution in [-0.4, -0.2) is 53.6 Å². The van der Waals surface area contributed by atoms with Gasteiger partial charge in [-0.2, -0.15) is 8.42 Å². The Morgan fingerprint density at radius 2 is 2.05 bits per heavy atom. The van der Waals surface area contributed by atoms with Gasteiger partial charge in [0, 0.05) is 24.9 Å². The van der Waals surface area contributed by atoms with Gasteiger partial charge in [-0.25, -0.2) is 10.1 Å². The van der Waals surface area contributed by atoms with Gasteiger partial charge in [0.25, 0.3) is 0 Å². The lowest BCUT2D eigenvalue weighted by Crippen LogP contribution is -2.45. The number of nitrogens with zero attached hydrogens (tertiary/aromatic N) is 3. The molecule has 0 aromatic carbocycles. The Morgan fingerprint density at radius 1 is 1.47 bits per heavy atom. The molecule has 1 fully saturated rings. The van der Waals surface area contributed by atoms with E-state index in [1.807, 2.05) is 0 Å². The van der Waals surface area contributed by atoms with Crippen molar-refractivity contribution in [3.8, 4) is 0 Å².